The summed E-state index contributed by atoms with van der Waals surface area (Å²) < 4.78 is 49.5. The first-order valence-corrected chi connectivity index (χ1v) is 14.5. The molecule has 0 atom stereocenters. The van der Waals surface area contributed by atoms with Gasteiger partial charge in [-0.3, -0.25) is 4.79 Å². The van der Waals surface area contributed by atoms with Crippen LogP contribution < -0.4 is 10.3 Å². The van der Waals surface area contributed by atoms with Gasteiger partial charge in [0.05, 0.1) is 28.2 Å². The highest BCUT2D eigenvalue weighted by Crippen LogP contribution is 2.32. The summed E-state index contributed by atoms with van der Waals surface area (Å²) in [5.41, 5.74) is 3.37. The Labute approximate surface area is 266 Å². The molecule has 6 aromatic rings. The molecule has 0 radical (unpaired) electrons. The minimum absolute atomic E-state index is 0.0155. The highest BCUT2D eigenvalue weighted by atomic mass is 19.4. The molecule has 0 saturated heterocycles. The molecule has 4 aromatic carbocycles. The van der Waals surface area contributed by atoms with E-state index in [1.165, 1.54) is 30.5 Å². The molecular weight excluding hydrogens is 609 g/mol. The van der Waals surface area contributed by atoms with E-state index in [-0.39, 0.29) is 28.9 Å². The van der Waals surface area contributed by atoms with Crippen molar-refractivity contribution in [1.82, 2.24) is 14.2 Å². The molecule has 0 fully saturated rings. The minimum atomic E-state index is -4.57. The minimum Gasteiger partial charge on any atom is -0.489 e. The predicted octanol–water partition coefficient (Wildman–Crippen LogP) is 7.65. The van der Waals surface area contributed by atoms with Crippen molar-refractivity contribution >= 4 is 23.1 Å². The summed E-state index contributed by atoms with van der Waals surface area (Å²) in [4.78, 5) is 29.2. The van der Waals surface area contributed by atoms with Crippen molar-refractivity contribution in [3.05, 3.63) is 147 Å². The van der Waals surface area contributed by atoms with Crippen molar-refractivity contribution < 1.29 is 27.8 Å². The first-order valence-electron chi connectivity index (χ1n) is 14.5. The SMILES string of the molecule is Cc1cc(C=Nn2c(-c3cccc(C(F)(F)F)c3)nc3ccccc3c2=O)c(C)n1-c1ccc(OCc2ccc(C(=O)O)cc2)cc1. The van der Waals surface area contributed by atoms with Crippen LogP contribution in [0.1, 0.15) is 38.4 Å². The van der Waals surface area contributed by atoms with E-state index in [1.807, 2.05) is 48.7 Å². The summed E-state index contributed by atoms with van der Waals surface area (Å²) in [6.07, 6.45) is -3.07. The fraction of sp³-hybridized carbons (Fsp3) is 0.111. The van der Waals surface area contributed by atoms with Crippen molar-refractivity contribution in [2.75, 3.05) is 0 Å². The Bertz CT molecular complexity index is 2200. The molecule has 0 aliphatic carbocycles. The molecular formula is C36H27F3N4O4. The standard InChI is InChI=1S/C36H27F3N4O4/c1-22-18-27(23(2)42(22)29-14-16-30(17-15-29)47-21-24-10-12-25(13-11-24)35(45)46)20-40-43-33(26-6-5-7-28(19-26)36(37,38)39)41-32-9-4-3-8-31(32)34(43)44/h3-20H,21H2,1-2H3,(H,45,46). The van der Waals surface area contributed by atoms with Gasteiger partial charge in [0, 0.05) is 28.2 Å². The van der Waals surface area contributed by atoms with Crippen LogP contribution in [0.2, 0.25) is 0 Å². The maximum absolute atomic E-state index is 13.6. The van der Waals surface area contributed by atoms with Crippen molar-refractivity contribution in [1.29, 1.82) is 0 Å². The fourth-order valence-corrected chi connectivity index (χ4v) is 5.29. The second-order valence-corrected chi connectivity index (χ2v) is 10.8. The summed E-state index contributed by atoms with van der Waals surface area (Å²) in [5.74, 6) is -0.374. The molecule has 6 rings (SSSR count). The third kappa shape index (κ3) is 6.41. The number of ether oxygens (including phenoxy) is 1. The Hall–Kier alpha value is -5.97. The summed E-state index contributed by atoms with van der Waals surface area (Å²) >= 11 is 0. The highest BCUT2D eigenvalue weighted by molar-refractivity contribution is 5.87. The summed E-state index contributed by atoms with van der Waals surface area (Å²) in [6, 6.07) is 27.1. The number of rotatable bonds is 8. The zero-order chi connectivity index (χ0) is 33.3. The predicted molar refractivity (Wildman–Crippen MR) is 172 cm³/mol. The third-order valence-electron chi connectivity index (χ3n) is 7.69. The first-order chi connectivity index (χ1) is 22.5. The third-order valence-corrected chi connectivity index (χ3v) is 7.69. The molecule has 0 unspecified atom stereocenters. The lowest BCUT2D eigenvalue weighted by Crippen LogP contribution is -2.20. The van der Waals surface area contributed by atoms with Crippen molar-refractivity contribution in [3.63, 3.8) is 0 Å². The normalized spacial score (nSPS) is 11.8. The van der Waals surface area contributed by atoms with Crippen LogP contribution >= 0.6 is 0 Å². The van der Waals surface area contributed by atoms with Gasteiger partial charge in [-0.1, -0.05) is 36.4 Å². The van der Waals surface area contributed by atoms with Crippen molar-refractivity contribution in [3.8, 4) is 22.8 Å². The van der Waals surface area contributed by atoms with Crippen LogP contribution in [0.25, 0.3) is 28.0 Å². The second kappa shape index (κ2) is 12.4. The molecule has 0 bridgehead atoms. The number of carboxylic acid groups (broad SMARTS) is 1. The number of carbonyl (C=O) groups is 1. The maximum Gasteiger partial charge on any atom is 0.416 e. The molecule has 0 aliphatic rings. The van der Waals surface area contributed by atoms with Crippen LogP contribution in [-0.2, 0) is 12.8 Å². The molecule has 47 heavy (non-hydrogen) atoms. The number of aryl methyl sites for hydroxylation is 1. The van der Waals surface area contributed by atoms with Gasteiger partial charge in [0.1, 0.15) is 12.4 Å². The Kier molecular flexibility index (Phi) is 8.21. The number of halogens is 3. The largest absolute Gasteiger partial charge is 0.489 e. The number of alkyl halides is 3. The zero-order valence-corrected chi connectivity index (χ0v) is 25.2. The van der Waals surface area contributed by atoms with Crippen LogP contribution in [0.4, 0.5) is 13.2 Å². The van der Waals surface area contributed by atoms with E-state index in [9.17, 15) is 22.8 Å². The van der Waals surface area contributed by atoms with Crippen LogP contribution in [0.5, 0.6) is 5.75 Å². The molecule has 8 nitrogen and oxygen atoms in total. The van der Waals surface area contributed by atoms with E-state index < -0.39 is 23.3 Å². The zero-order valence-electron chi connectivity index (χ0n) is 25.2. The van der Waals surface area contributed by atoms with Gasteiger partial charge in [-0.05, 0) is 86.1 Å². The second-order valence-electron chi connectivity index (χ2n) is 10.8. The van der Waals surface area contributed by atoms with Gasteiger partial charge in [-0.15, -0.1) is 0 Å². The molecule has 0 aliphatic heterocycles. The Balaban J connectivity index is 1.30. The smallest absolute Gasteiger partial charge is 0.416 e. The number of benzene rings is 4. The number of hydrogen-bond donors (Lipinski definition) is 1. The molecule has 11 heteroatoms. The summed E-state index contributed by atoms with van der Waals surface area (Å²) in [7, 11) is 0. The Morgan fingerprint density at radius 2 is 1.66 bits per heavy atom. The fourth-order valence-electron chi connectivity index (χ4n) is 5.29. The highest BCUT2D eigenvalue weighted by Gasteiger charge is 2.31. The van der Waals surface area contributed by atoms with Gasteiger partial charge in [-0.25, -0.2) is 9.78 Å². The quantitative estimate of drug-likeness (QED) is 0.173. The topological polar surface area (TPSA) is 98.7 Å². The van der Waals surface area contributed by atoms with E-state index >= 15 is 0 Å². The van der Waals surface area contributed by atoms with Crippen LogP contribution in [0.15, 0.2) is 113 Å². The van der Waals surface area contributed by atoms with E-state index in [0.717, 1.165) is 39.4 Å². The van der Waals surface area contributed by atoms with Gasteiger partial charge in [0.2, 0.25) is 0 Å². The monoisotopic (exact) mass is 636 g/mol. The van der Waals surface area contributed by atoms with Crippen LogP contribution in [0, 0.1) is 13.8 Å². The van der Waals surface area contributed by atoms with Crippen LogP contribution in [0.3, 0.4) is 0 Å². The molecule has 0 spiro atoms. The van der Waals surface area contributed by atoms with E-state index in [4.69, 9.17) is 9.84 Å². The summed E-state index contributed by atoms with van der Waals surface area (Å²) in [6.45, 7) is 4.09. The number of hydrogen-bond acceptors (Lipinski definition) is 5. The number of para-hydroxylation sites is 1. The Morgan fingerprint density at radius 1 is 0.936 bits per heavy atom. The average molecular weight is 637 g/mol. The number of carboxylic acids is 1. The van der Waals surface area contributed by atoms with E-state index in [2.05, 4.69) is 10.1 Å². The molecule has 1 N–H and O–H groups in total. The Morgan fingerprint density at radius 3 is 2.36 bits per heavy atom. The van der Waals surface area contributed by atoms with E-state index in [0.29, 0.717) is 16.8 Å². The lowest BCUT2D eigenvalue weighted by molar-refractivity contribution is -0.137. The molecule has 2 heterocycles. The summed E-state index contributed by atoms with van der Waals surface area (Å²) in [5, 5.41) is 13.8. The van der Waals surface area contributed by atoms with Gasteiger partial charge in [0.25, 0.3) is 5.56 Å². The first kappa shape index (κ1) is 31.0. The lowest BCUT2D eigenvalue weighted by atomic mass is 10.1. The number of aromatic carboxylic acids is 1. The molecule has 2 aromatic heterocycles. The van der Waals surface area contributed by atoms with Gasteiger partial charge >= 0.3 is 12.1 Å². The van der Waals surface area contributed by atoms with Gasteiger partial charge in [-0.2, -0.15) is 22.9 Å². The number of aromatic nitrogens is 3. The molecule has 236 valence electrons. The van der Waals surface area contributed by atoms with E-state index in [1.54, 1.807) is 36.4 Å². The van der Waals surface area contributed by atoms with Gasteiger partial charge < -0.3 is 14.4 Å². The number of fused-ring (bicyclic) bond motifs is 1. The molecule has 0 amide bonds. The molecule has 0 saturated carbocycles. The van der Waals surface area contributed by atoms with Gasteiger partial charge in [0.15, 0.2) is 5.82 Å². The van der Waals surface area contributed by atoms with Crippen molar-refractivity contribution in [2.45, 2.75) is 26.6 Å². The average Bonchev–Trinajstić information content (AvgIpc) is 3.35. The maximum atomic E-state index is 13.6. The lowest BCUT2D eigenvalue weighted by Gasteiger charge is -2.12. The van der Waals surface area contributed by atoms with Crippen molar-refractivity contribution in [2.24, 2.45) is 5.10 Å². The van der Waals surface area contributed by atoms with Crippen LogP contribution in [-0.4, -0.2) is 31.5 Å². The number of nitrogens with zero attached hydrogens (tertiary/aromatic N) is 4.